The van der Waals surface area contributed by atoms with E-state index in [-0.39, 0.29) is 11.7 Å². The van der Waals surface area contributed by atoms with Crippen molar-refractivity contribution in [2.24, 2.45) is 0 Å². The number of aromatic nitrogens is 3. The maximum atomic E-state index is 12.6. The van der Waals surface area contributed by atoms with E-state index in [9.17, 15) is 4.79 Å². The number of nitrogens with one attached hydrogen (secondary N) is 1. The van der Waals surface area contributed by atoms with E-state index in [1.165, 1.54) is 17.3 Å². The summed E-state index contributed by atoms with van der Waals surface area (Å²) in [6, 6.07) is 7.98. The van der Waals surface area contributed by atoms with E-state index in [0.717, 1.165) is 17.1 Å². The second-order valence-electron chi connectivity index (χ2n) is 5.21. The number of carbonyl (C=O) groups excluding carboxylic acids is 1. The van der Waals surface area contributed by atoms with Gasteiger partial charge in [-0.15, -0.1) is 5.10 Å². The fourth-order valence-electron chi connectivity index (χ4n) is 2.04. The molecule has 1 aromatic carbocycles. The van der Waals surface area contributed by atoms with Crippen LogP contribution in [0.5, 0.6) is 0 Å². The first-order chi connectivity index (χ1) is 11.0. The van der Waals surface area contributed by atoms with E-state index in [2.05, 4.69) is 21.3 Å². The minimum Gasteiger partial charge on any atom is -0.311 e. The maximum absolute atomic E-state index is 12.6. The van der Waals surface area contributed by atoms with E-state index in [1.54, 1.807) is 4.90 Å². The lowest BCUT2D eigenvalue weighted by Gasteiger charge is -2.22. The first-order valence-corrected chi connectivity index (χ1v) is 8.26. The molecule has 23 heavy (non-hydrogen) atoms. The topological polar surface area (TPSA) is 85.7 Å². The lowest BCUT2D eigenvalue weighted by atomic mass is 10.1. The van der Waals surface area contributed by atoms with Crippen molar-refractivity contribution in [2.45, 2.75) is 32.3 Å². The van der Waals surface area contributed by atoms with Gasteiger partial charge in [-0.25, -0.2) is 4.98 Å². The molecule has 7 heteroatoms. The van der Waals surface area contributed by atoms with Crippen molar-refractivity contribution in [3.63, 3.8) is 0 Å². The van der Waals surface area contributed by atoms with Gasteiger partial charge in [-0.2, -0.15) is 5.26 Å². The number of nitrogens with zero attached hydrogens (tertiary/aromatic N) is 4. The second-order valence-corrected chi connectivity index (χ2v) is 6.16. The molecule has 0 fully saturated rings. The van der Waals surface area contributed by atoms with Gasteiger partial charge in [-0.3, -0.25) is 9.89 Å². The van der Waals surface area contributed by atoms with Crippen LogP contribution in [0.25, 0.3) is 0 Å². The highest BCUT2D eigenvalue weighted by molar-refractivity contribution is 7.99. The summed E-state index contributed by atoms with van der Waals surface area (Å²) in [4.78, 5) is 18.4. The Balaban J connectivity index is 2.11. The Morgan fingerprint density at radius 2 is 2.13 bits per heavy atom. The number of anilines is 1. The number of rotatable bonds is 6. The number of amides is 1. The third-order valence-electron chi connectivity index (χ3n) is 3.45. The van der Waals surface area contributed by atoms with Gasteiger partial charge < -0.3 is 4.90 Å². The van der Waals surface area contributed by atoms with Gasteiger partial charge in [0.1, 0.15) is 5.82 Å². The molecule has 0 bridgehead atoms. The molecule has 0 spiro atoms. The Labute approximate surface area is 139 Å². The normalized spacial score (nSPS) is 10.3. The molecule has 1 N–H and O–H groups in total. The van der Waals surface area contributed by atoms with E-state index in [1.807, 2.05) is 39.0 Å². The van der Waals surface area contributed by atoms with Gasteiger partial charge in [0.2, 0.25) is 11.1 Å². The summed E-state index contributed by atoms with van der Waals surface area (Å²) in [6.45, 7) is 6.23. The molecule has 0 aliphatic rings. The minimum atomic E-state index is -0.0593. The van der Waals surface area contributed by atoms with Crippen LogP contribution in [-0.2, 0) is 4.79 Å². The van der Waals surface area contributed by atoms with Crippen LogP contribution in [0.4, 0.5) is 5.69 Å². The van der Waals surface area contributed by atoms with Crippen LogP contribution < -0.4 is 4.90 Å². The SMILES string of the molecule is Cc1nc(SCC(=O)N(CCC#N)c2ccc(C)c(C)c2)n[nH]1. The zero-order chi connectivity index (χ0) is 16.8. The number of benzene rings is 1. The van der Waals surface area contributed by atoms with Crippen molar-refractivity contribution in [2.75, 3.05) is 17.2 Å². The molecule has 0 radical (unpaired) electrons. The van der Waals surface area contributed by atoms with Gasteiger partial charge in [0.15, 0.2) is 0 Å². The summed E-state index contributed by atoms with van der Waals surface area (Å²) in [5.41, 5.74) is 3.11. The van der Waals surface area contributed by atoms with Crippen molar-refractivity contribution in [3.05, 3.63) is 35.2 Å². The number of hydrogen-bond donors (Lipinski definition) is 1. The summed E-state index contributed by atoms with van der Waals surface area (Å²) in [7, 11) is 0. The van der Waals surface area contributed by atoms with E-state index < -0.39 is 0 Å². The highest BCUT2D eigenvalue weighted by Crippen LogP contribution is 2.21. The van der Waals surface area contributed by atoms with Crippen LogP contribution >= 0.6 is 11.8 Å². The molecule has 0 unspecified atom stereocenters. The molecule has 0 aliphatic heterocycles. The summed E-state index contributed by atoms with van der Waals surface area (Å²) < 4.78 is 0. The second kappa shape index (κ2) is 7.79. The Morgan fingerprint density at radius 3 is 2.74 bits per heavy atom. The molecule has 120 valence electrons. The van der Waals surface area contributed by atoms with Crippen molar-refractivity contribution in [3.8, 4) is 6.07 Å². The first-order valence-electron chi connectivity index (χ1n) is 7.27. The Morgan fingerprint density at radius 1 is 1.35 bits per heavy atom. The lowest BCUT2D eigenvalue weighted by molar-refractivity contribution is -0.116. The van der Waals surface area contributed by atoms with E-state index >= 15 is 0 Å². The van der Waals surface area contributed by atoms with Crippen LogP contribution in [0.3, 0.4) is 0 Å². The predicted molar refractivity (Wildman–Crippen MR) is 90.3 cm³/mol. The summed E-state index contributed by atoms with van der Waals surface area (Å²) in [5, 5.41) is 16.2. The summed E-state index contributed by atoms with van der Waals surface area (Å²) in [6.07, 6.45) is 0.295. The third-order valence-corrected chi connectivity index (χ3v) is 4.28. The van der Waals surface area contributed by atoms with Crippen LogP contribution in [-0.4, -0.2) is 33.4 Å². The smallest absolute Gasteiger partial charge is 0.237 e. The van der Waals surface area contributed by atoms with Gasteiger partial charge in [0.05, 0.1) is 18.2 Å². The maximum Gasteiger partial charge on any atom is 0.237 e. The molecule has 6 nitrogen and oxygen atoms in total. The highest BCUT2D eigenvalue weighted by Gasteiger charge is 2.17. The van der Waals surface area contributed by atoms with Crippen molar-refractivity contribution < 1.29 is 4.79 Å². The molecular formula is C16H19N5OS. The predicted octanol–water partition coefficient (Wildman–Crippen LogP) is 2.77. The molecule has 0 saturated heterocycles. The number of H-pyrrole nitrogens is 1. The Kier molecular flexibility index (Phi) is 5.77. The van der Waals surface area contributed by atoms with Gasteiger partial charge in [-0.1, -0.05) is 17.8 Å². The van der Waals surface area contributed by atoms with Gasteiger partial charge >= 0.3 is 0 Å². The average Bonchev–Trinajstić information content (AvgIpc) is 2.94. The number of hydrogen-bond acceptors (Lipinski definition) is 5. The number of carbonyl (C=O) groups is 1. The van der Waals surface area contributed by atoms with Crippen LogP contribution in [0.2, 0.25) is 0 Å². The number of aromatic amines is 1. The van der Waals surface area contributed by atoms with Gasteiger partial charge in [-0.05, 0) is 44.0 Å². The lowest BCUT2D eigenvalue weighted by Crippen LogP contribution is -2.33. The fraction of sp³-hybridized carbons (Fsp3) is 0.375. The van der Waals surface area contributed by atoms with E-state index in [0.29, 0.717) is 18.1 Å². The van der Waals surface area contributed by atoms with Crippen molar-refractivity contribution in [1.82, 2.24) is 15.2 Å². The largest absolute Gasteiger partial charge is 0.311 e. The van der Waals surface area contributed by atoms with Gasteiger partial charge in [0, 0.05) is 12.2 Å². The number of aryl methyl sites for hydroxylation is 3. The van der Waals surface area contributed by atoms with Gasteiger partial charge in [0.25, 0.3) is 0 Å². The summed E-state index contributed by atoms with van der Waals surface area (Å²) >= 11 is 1.29. The monoisotopic (exact) mass is 329 g/mol. The van der Waals surface area contributed by atoms with Crippen LogP contribution in [0.15, 0.2) is 23.4 Å². The molecule has 0 saturated carbocycles. The quantitative estimate of drug-likeness (QED) is 0.824. The molecule has 1 amide bonds. The molecular weight excluding hydrogens is 310 g/mol. The molecule has 0 atom stereocenters. The van der Waals surface area contributed by atoms with Crippen LogP contribution in [0.1, 0.15) is 23.4 Å². The number of nitriles is 1. The van der Waals surface area contributed by atoms with Crippen LogP contribution in [0, 0.1) is 32.1 Å². The number of thioether (sulfide) groups is 1. The average molecular weight is 329 g/mol. The van der Waals surface area contributed by atoms with Crippen molar-refractivity contribution in [1.29, 1.82) is 5.26 Å². The zero-order valence-electron chi connectivity index (χ0n) is 13.5. The highest BCUT2D eigenvalue weighted by atomic mass is 32.2. The zero-order valence-corrected chi connectivity index (χ0v) is 14.3. The van der Waals surface area contributed by atoms with Crippen molar-refractivity contribution >= 4 is 23.4 Å². The first kappa shape index (κ1) is 17.0. The third kappa shape index (κ3) is 4.57. The molecule has 1 aromatic heterocycles. The summed E-state index contributed by atoms with van der Waals surface area (Å²) in [5.74, 6) is 0.890. The Hall–Kier alpha value is -2.33. The molecule has 2 aromatic rings. The Bertz CT molecular complexity index is 734. The standard InChI is InChI=1S/C16H19N5OS/c1-11-5-6-14(9-12(11)2)21(8-4-7-17)15(22)10-23-16-18-13(3)19-20-16/h5-6,9H,4,8,10H2,1-3H3,(H,18,19,20). The van der Waals surface area contributed by atoms with E-state index in [4.69, 9.17) is 5.26 Å². The molecule has 1 heterocycles. The molecule has 2 rings (SSSR count). The minimum absolute atomic E-state index is 0.0593. The molecule has 0 aliphatic carbocycles. The fourth-order valence-corrected chi connectivity index (χ4v) is 2.76.